The maximum Gasteiger partial charge on any atom is 0.185 e. The highest BCUT2D eigenvalue weighted by Crippen LogP contribution is 2.60. The maximum atomic E-state index is 16.1. The molecule has 0 bridgehead atoms. The van der Waals surface area contributed by atoms with Crippen molar-refractivity contribution < 1.29 is 13.2 Å². The second-order valence-electron chi connectivity index (χ2n) is 10.3. The SMILES string of the molecule is C=C(C)c1cc(F)c2c(c1)C(=C)C(CC)(CC)C1C(Cc3ccc(F)cc3F)CCC=C[N+]21CC. The number of benzene rings is 2. The third kappa shape index (κ3) is 3.91. The number of fused-ring (bicyclic) bond motifs is 3. The first-order chi connectivity index (χ1) is 16.6. The minimum Gasteiger partial charge on any atom is -0.259 e. The summed E-state index contributed by atoms with van der Waals surface area (Å²) in [7, 11) is 0. The van der Waals surface area contributed by atoms with Gasteiger partial charge in [-0.3, -0.25) is 4.48 Å². The van der Waals surface area contributed by atoms with Crippen LogP contribution in [0.2, 0.25) is 0 Å². The predicted octanol–water partition coefficient (Wildman–Crippen LogP) is 8.83. The molecule has 0 fully saturated rings. The second kappa shape index (κ2) is 9.46. The fourth-order valence-corrected chi connectivity index (χ4v) is 6.99. The normalized spacial score (nSPS) is 25.1. The van der Waals surface area contributed by atoms with Crippen LogP contribution in [0, 0.1) is 28.8 Å². The number of hydrogen-bond donors (Lipinski definition) is 0. The van der Waals surface area contributed by atoms with Gasteiger partial charge in [0.2, 0.25) is 0 Å². The summed E-state index contributed by atoms with van der Waals surface area (Å²) in [6.07, 6.45) is 8.21. The smallest absolute Gasteiger partial charge is 0.185 e. The minimum absolute atomic E-state index is 0.0177. The van der Waals surface area contributed by atoms with Gasteiger partial charge < -0.3 is 0 Å². The summed E-state index contributed by atoms with van der Waals surface area (Å²) >= 11 is 0. The van der Waals surface area contributed by atoms with Gasteiger partial charge in [0.15, 0.2) is 11.5 Å². The van der Waals surface area contributed by atoms with Gasteiger partial charge in [-0.15, -0.1) is 0 Å². The van der Waals surface area contributed by atoms with Crippen molar-refractivity contribution in [2.45, 2.75) is 65.8 Å². The Bertz CT molecular complexity index is 1190. The standard InChI is InChI=1S/C31H37F3N/c1-7-31(8-2)21(6)26-17-24(20(4)5)18-28(34)29(26)35(9-3)15-11-10-12-23(30(31)35)16-22-13-14-25(32)19-27(22)33/h11,13-15,17-19,23,30H,4,6-10,12,16H2,1-3,5H3/q+1. The number of allylic oxidation sites excluding steroid dienone is 2. The highest BCUT2D eigenvalue weighted by atomic mass is 19.1. The third-order valence-corrected chi connectivity index (χ3v) is 8.77. The second-order valence-corrected chi connectivity index (χ2v) is 10.3. The number of quaternary nitrogens is 1. The number of hydrogen-bond acceptors (Lipinski definition) is 0. The lowest BCUT2D eigenvalue weighted by Gasteiger charge is -2.57. The van der Waals surface area contributed by atoms with Gasteiger partial charge in [-0.2, -0.15) is 0 Å². The molecule has 2 aromatic rings. The van der Waals surface area contributed by atoms with Crippen molar-refractivity contribution >= 4 is 16.8 Å². The quantitative estimate of drug-likeness (QED) is 0.362. The Kier molecular flexibility index (Phi) is 6.89. The Morgan fingerprint density at radius 1 is 1.06 bits per heavy atom. The predicted molar refractivity (Wildman–Crippen MR) is 141 cm³/mol. The zero-order valence-electron chi connectivity index (χ0n) is 21.4. The van der Waals surface area contributed by atoms with Crippen LogP contribution >= 0.6 is 0 Å². The van der Waals surface area contributed by atoms with E-state index in [-0.39, 0.29) is 23.2 Å². The van der Waals surface area contributed by atoms with Crippen LogP contribution in [0.15, 0.2) is 55.8 Å². The molecule has 3 atom stereocenters. The van der Waals surface area contributed by atoms with E-state index in [4.69, 9.17) is 0 Å². The van der Waals surface area contributed by atoms with Crippen molar-refractivity contribution in [3.63, 3.8) is 0 Å². The Labute approximate surface area is 208 Å². The van der Waals surface area contributed by atoms with Crippen LogP contribution in [-0.2, 0) is 6.42 Å². The molecule has 0 saturated carbocycles. The summed E-state index contributed by atoms with van der Waals surface area (Å²) < 4.78 is 44.9. The molecule has 3 unspecified atom stereocenters. The lowest BCUT2D eigenvalue weighted by molar-refractivity contribution is 0.0804. The maximum absolute atomic E-state index is 16.1. The molecule has 0 saturated heterocycles. The summed E-state index contributed by atoms with van der Waals surface area (Å²) in [4.78, 5) is 0. The lowest BCUT2D eigenvalue weighted by atomic mass is 9.59. The zero-order valence-corrected chi connectivity index (χ0v) is 21.4. The van der Waals surface area contributed by atoms with Crippen LogP contribution in [0.25, 0.3) is 11.1 Å². The molecule has 2 heterocycles. The molecule has 35 heavy (non-hydrogen) atoms. The summed E-state index contributed by atoms with van der Waals surface area (Å²) in [6.45, 7) is 17.7. The van der Waals surface area contributed by atoms with E-state index in [0.717, 1.165) is 54.0 Å². The molecule has 1 nitrogen and oxygen atoms in total. The summed E-state index contributed by atoms with van der Waals surface area (Å²) in [5.74, 6) is -1.26. The molecule has 0 aromatic heterocycles. The molecule has 0 N–H and O–H groups in total. The molecule has 0 aliphatic carbocycles. The first-order valence-corrected chi connectivity index (χ1v) is 12.8. The van der Waals surface area contributed by atoms with Gasteiger partial charge in [0, 0.05) is 23.0 Å². The Balaban J connectivity index is 2.00. The van der Waals surface area contributed by atoms with Crippen LogP contribution in [0.3, 0.4) is 0 Å². The van der Waals surface area contributed by atoms with Crippen molar-refractivity contribution in [3.8, 4) is 0 Å². The number of halogens is 3. The number of rotatable bonds is 6. The fraction of sp³-hybridized carbons (Fsp3) is 0.419. The van der Waals surface area contributed by atoms with Crippen LogP contribution < -0.4 is 4.48 Å². The highest BCUT2D eigenvalue weighted by Gasteiger charge is 2.60. The van der Waals surface area contributed by atoms with Gasteiger partial charge in [0.05, 0.1) is 12.7 Å². The molecular weight excluding hydrogens is 443 g/mol. The Morgan fingerprint density at radius 3 is 2.37 bits per heavy atom. The average molecular weight is 481 g/mol. The van der Waals surface area contributed by atoms with Gasteiger partial charge in [0.25, 0.3) is 0 Å². The van der Waals surface area contributed by atoms with Crippen LogP contribution in [0.1, 0.15) is 70.1 Å². The number of nitrogens with zero attached hydrogens (tertiary/aromatic N) is 1. The van der Waals surface area contributed by atoms with Gasteiger partial charge in [-0.1, -0.05) is 38.6 Å². The van der Waals surface area contributed by atoms with E-state index < -0.39 is 11.6 Å². The van der Waals surface area contributed by atoms with Gasteiger partial charge in [0.1, 0.15) is 17.7 Å². The Morgan fingerprint density at radius 2 is 1.77 bits per heavy atom. The van der Waals surface area contributed by atoms with Crippen molar-refractivity contribution in [2.75, 3.05) is 6.54 Å². The zero-order chi connectivity index (χ0) is 25.5. The van der Waals surface area contributed by atoms with E-state index in [2.05, 4.69) is 52.3 Å². The summed E-state index contributed by atoms with van der Waals surface area (Å²) in [5, 5.41) is 0. The molecule has 2 aliphatic heterocycles. The topological polar surface area (TPSA) is 0 Å². The molecule has 4 heteroatoms. The van der Waals surface area contributed by atoms with Gasteiger partial charge >= 0.3 is 0 Å². The van der Waals surface area contributed by atoms with Crippen LogP contribution in [-0.4, -0.2) is 12.6 Å². The van der Waals surface area contributed by atoms with E-state index in [0.29, 0.717) is 28.7 Å². The monoisotopic (exact) mass is 480 g/mol. The highest BCUT2D eigenvalue weighted by molar-refractivity contribution is 5.85. The van der Waals surface area contributed by atoms with Crippen LogP contribution in [0.4, 0.5) is 18.9 Å². The molecular formula is C31H37F3N+. The van der Waals surface area contributed by atoms with Gasteiger partial charge in [-0.25, -0.2) is 13.2 Å². The first-order valence-electron chi connectivity index (χ1n) is 12.8. The fourth-order valence-electron chi connectivity index (χ4n) is 6.99. The molecule has 186 valence electrons. The van der Waals surface area contributed by atoms with E-state index in [1.54, 1.807) is 12.1 Å². The Hall–Kier alpha value is -2.59. The van der Waals surface area contributed by atoms with E-state index in [1.807, 2.05) is 6.92 Å². The summed E-state index contributed by atoms with van der Waals surface area (Å²) in [5.41, 5.74) is 4.34. The largest absolute Gasteiger partial charge is 0.259 e. The third-order valence-electron chi connectivity index (χ3n) is 8.77. The van der Waals surface area contributed by atoms with E-state index in [9.17, 15) is 8.78 Å². The average Bonchev–Trinajstić information content (AvgIpc) is 3.02. The first kappa shape index (κ1) is 25.5. The lowest BCUT2D eigenvalue weighted by Crippen LogP contribution is -2.65. The van der Waals surface area contributed by atoms with E-state index >= 15 is 4.39 Å². The minimum atomic E-state index is -0.570. The van der Waals surface area contributed by atoms with Crippen molar-refractivity contribution in [1.82, 2.24) is 4.48 Å². The van der Waals surface area contributed by atoms with Crippen molar-refractivity contribution in [2.24, 2.45) is 11.3 Å². The van der Waals surface area contributed by atoms with Gasteiger partial charge in [-0.05, 0) is 86.9 Å². The van der Waals surface area contributed by atoms with Crippen molar-refractivity contribution in [1.29, 1.82) is 0 Å². The van der Waals surface area contributed by atoms with Crippen LogP contribution in [0.5, 0.6) is 0 Å². The van der Waals surface area contributed by atoms with E-state index in [1.165, 1.54) is 6.07 Å². The molecule has 2 aliphatic rings. The molecule has 2 aromatic carbocycles. The van der Waals surface area contributed by atoms with Crippen molar-refractivity contribution in [3.05, 3.63) is 89.9 Å². The molecule has 4 rings (SSSR count). The molecule has 0 amide bonds. The summed E-state index contributed by atoms with van der Waals surface area (Å²) in [6, 6.07) is 7.50. The molecule has 0 spiro atoms. The molecule has 0 radical (unpaired) electrons.